The second-order valence-corrected chi connectivity index (χ2v) is 5.49. The number of nitrogens with one attached hydrogen (secondary N) is 1. The van der Waals surface area contributed by atoms with E-state index in [4.69, 9.17) is 15.2 Å². The lowest BCUT2D eigenvalue weighted by Gasteiger charge is -2.27. The molecule has 6 nitrogen and oxygen atoms in total. The third kappa shape index (κ3) is 4.65. The molecule has 0 saturated heterocycles. The SMILES string of the molecule is COc1ccc(CNC(=O)[C@H]2CCC[C@@H](OC(N)=O)C2)cc1. The summed E-state index contributed by atoms with van der Waals surface area (Å²) in [6, 6.07) is 7.55. The number of benzene rings is 1. The number of hydrogen-bond acceptors (Lipinski definition) is 4. The maximum Gasteiger partial charge on any atom is 0.404 e. The maximum atomic E-state index is 12.2. The summed E-state index contributed by atoms with van der Waals surface area (Å²) in [5.41, 5.74) is 6.04. The van der Waals surface area contributed by atoms with Crippen molar-refractivity contribution in [2.24, 2.45) is 11.7 Å². The van der Waals surface area contributed by atoms with Gasteiger partial charge in [-0.1, -0.05) is 12.1 Å². The van der Waals surface area contributed by atoms with Crippen LogP contribution in [0.2, 0.25) is 0 Å². The zero-order valence-corrected chi connectivity index (χ0v) is 12.7. The van der Waals surface area contributed by atoms with Gasteiger partial charge in [0, 0.05) is 12.5 Å². The van der Waals surface area contributed by atoms with Crippen molar-refractivity contribution >= 4 is 12.0 Å². The number of primary amides is 1. The molecule has 6 heteroatoms. The van der Waals surface area contributed by atoms with Crippen LogP contribution in [0, 0.1) is 5.92 Å². The summed E-state index contributed by atoms with van der Waals surface area (Å²) >= 11 is 0. The van der Waals surface area contributed by atoms with Crippen LogP contribution in [0.1, 0.15) is 31.2 Å². The average Bonchev–Trinajstić information content (AvgIpc) is 2.52. The number of carbonyl (C=O) groups is 2. The van der Waals surface area contributed by atoms with Gasteiger partial charge in [-0.05, 0) is 43.4 Å². The van der Waals surface area contributed by atoms with E-state index in [0.29, 0.717) is 13.0 Å². The third-order valence-corrected chi connectivity index (χ3v) is 3.91. The maximum absolute atomic E-state index is 12.2. The Labute approximate surface area is 130 Å². The molecular weight excluding hydrogens is 284 g/mol. The van der Waals surface area contributed by atoms with Crippen LogP contribution < -0.4 is 15.8 Å². The molecule has 2 amide bonds. The van der Waals surface area contributed by atoms with Crippen molar-refractivity contribution in [2.45, 2.75) is 38.3 Å². The quantitative estimate of drug-likeness (QED) is 0.870. The minimum Gasteiger partial charge on any atom is -0.497 e. The topological polar surface area (TPSA) is 90.7 Å². The van der Waals surface area contributed by atoms with Gasteiger partial charge < -0.3 is 20.5 Å². The van der Waals surface area contributed by atoms with Gasteiger partial charge in [0.1, 0.15) is 11.9 Å². The highest BCUT2D eigenvalue weighted by molar-refractivity contribution is 5.78. The number of rotatable bonds is 5. The van der Waals surface area contributed by atoms with E-state index in [1.807, 2.05) is 24.3 Å². The van der Waals surface area contributed by atoms with E-state index in [1.54, 1.807) is 7.11 Å². The third-order valence-electron chi connectivity index (χ3n) is 3.91. The second kappa shape index (κ2) is 7.68. The van der Waals surface area contributed by atoms with Crippen LogP contribution in [-0.2, 0) is 16.1 Å². The van der Waals surface area contributed by atoms with Gasteiger partial charge in [0.25, 0.3) is 0 Å². The lowest BCUT2D eigenvalue weighted by atomic mass is 9.86. The summed E-state index contributed by atoms with van der Waals surface area (Å²) in [7, 11) is 1.62. The van der Waals surface area contributed by atoms with E-state index in [0.717, 1.165) is 30.6 Å². The van der Waals surface area contributed by atoms with Crippen LogP contribution in [0.5, 0.6) is 5.75 Å². The fourth-order valence-corrected chi connectivity index (χ4v) is 2.73. The Bertz CT molecular complexity index is 515. The van der Waals surface area contributed by atoms with Crippen molar-refractivity contribution in [1.82, 2.24) is 5.32 Å². The summed E-state index contributed by atoms with van der Waals surface area (Å²) in [5, 5.41) is 2.93. The minimum atomic E-state index is -0.774. The van der Waals surface area contributed by atoms with Crippen LogP contribution in [0.3, 0.4) is 0 Å². The Morgan fingerprint density at radius 3 is 2.64 bits per heavy atom. The molecule has 1 aliphatic rings. The van der Waals surface area contributed by atoms with Gasteiger partial charge in [0.05, 0.1) is 7.11 Å². The van der Waals surface area contributed by atoms with E-state index >= 15 is 0 Å². The Balaban J connectivity index is 1.81. The highest BCUT2D eigenvalue weighted by Crippen LogP contribution is 2.26. The molecule has 0 heterocycles. The average molecular weight is 306 g/mol. The van der Waals surface area contributed by atoms with Crippen molar-refractivity contribution < 1.29 is 19.1 Å². The van der Waals surface area contributed by atoms with Gasteiger partial charge in [-0.2, -0.15) is 0 Å². The predicted octanol–water partition coefficient (Wildman–Crippen LogP) is 1.97. The second-order valence-electron chi connectivity index (χ2n) is 5.49. The Morgan fingerprint density at radius 2 is 2.00 bits per heavy atom. The zero-order valence-electron chi connectivity index (χ0n) is 12.7. The summed E-state index contributed by atoms with van der Waals surface area (Å²) in [6.07, 6.45) is 1.96. The molecule has 3 N–H and O–H groups in total. The van der Waals surface area contributed by atoms with Crippen molar-refractivity contribution in [1.29, 1.82) is 0 Å². The van der Waals surface area contributed by atoms with Crippen LogP contribution in [-0.4, -0.2) is 25.2 Å². The van der Waals surface area contributed by atoms with Crippen molar-refractivity contribution in [3.8, 4) is 5.75 Å². The molecule has 22 heavy (non-hydrogen) atoms. The van der Waals surface area contributed by atoms with Gasteiger partial charge >= 0.3 is 6.09 Å². The molecule has 0 radical (unpaired) electrons. The summed E-state index contributed by atoms with van der Waals surface area (Å²) in [4.78, 5) is 23.0. The van der Waals surface area contributed by atoms with Gasteiger partial charge in [-0.15, -0.1) is 0 Å². The summed E-state index contributed by atoms with van der Waals surface area (Å²) in [6.45, 7) is 0.473. The smallest absolute Gasteiger partial charge is 0.404 e. The number of methoxy groups -OCH3 is 1. The molecular formula is C16H22N2O4. The lowest BCUT2D eigenvalue weighted by Crippen LogP contribution is -2.36. The molecule has 1 aliphatic carbocycles. The number of carbonyl (C=O) groups excluding carboxylic acids is 2. The van der Waals surface area contributed by atoms with Gasteiger partial charge in [-0.3, -0.25) is 4.79 Å². The van der Waals surface area contributed by atoms with Crippen molar-refractivity contribution in [3.63, 3.8) is 0 Å². The Kier molecular flexibility index (Phi) is 5.63. The molecule has 120 valence electrons. The molecule has 2 atom stereocenters. The van der Waals surface area contributed by atoms with Gasteiger partial charge in [0.2, 0.25) is 5.91 Å². The van der Waals surface area contributed by atoms with Crippen molar-refractivity contribution in [2.75, 3.05) is 7.11 Å². The van der Waals surface area contributed by atoms with E-state index in [1.165, 1.54) is 0 Å². The molecule has 1 aromatic rings. The highest BCUT2D eigenvalue weighted by Gasteiger charge is 2.28. The number of amides is 2. The number of nitrogens with two attached hydrogens (primary N) is 1. The predicted molar refractivity (Wildman–Crippen MR) is 81.3 cm³/mol. The Morgan fingerprint density at radius 1 is 1.27 bits per heavy atom. The molecule has 1 fully saturated rings. The zero-order chi connectivity index (χ0) is 15.9. The van der Waals surface area contributed by atoms with Crippen LogP contribution in [0.15, 0.2) is 24.3 Å². The first kappa shape index (κ1) is 16.1. The highest BCUT2D eigenvalue weighted by atomic mass is 16.6. The normalized spacial score (nSPS) is 21.0. The van der Waals surface area contributed by atoms with Crippen LogP contribution >= 0.6 is 0 Å². The minimum absolute atomic E-state index is 0.00594. The molecule has 0 bridgehead atoms. The fourth-order valence-electron chi connectivity index (χ4n) is 2.73. The first-order valence-electron chi connectivity index (χ1n) is 7.45. The van der Waals surface area contributed by atoms with Crippen molar-refractivity contribution in [3.05, 3.63) is 29.8 Å². The molecule has 0 aliphatic heterocycles. The number of hydrogen-bond donors (Lipinski definition) is 2. The summed E-state index contributed by atoms with van der Waals surface area (Å²) in [5.74, 6) is 0.652. The van der Waals surface area contributed by atoms with E-state index in [2.05, 4.69) is 5.32 Å². The Hall–Kier alpha value is -2.24. The molecule has 0 aromatic heterocycles. The fraction of sp³-hybridized carbons (Fsp3) is 0.500. The molecule has 0 spiro atoms. The molecule has 1 aromatic carbocycles. The molecule has 1 saturated carbocycles. The largest absolute Gasteiger partial charge is 0.497 e. The summed E-state index contributed by atoms with van der Waals surface area (Å²) < 4.78 is 10.1. The van der Waals surface area contributed by atoms with Crippen LogP contribution in [0.25, 0.3) is 0 Å². The van der Waals surface area contributed by atoms with E-state index in [9.17, 15) is 9.59 Å². The standard InChI is InChI=1S/C16H22N2O4/c1-21-13-7-5-11(6-8-13)10-18-15(19)12-3-2-4-14(9-12)22-16(17)20/h5-8,12,14H,2-4,9-10H2,1H3,(H2,17,20)(H,18,19)/t12-,14+/m0/s1. The number of ether oxygens (including phenoxy) is 2. The first-order chi connectivity index (χ1) is 10.6. The monoisotopic (exact) mass is 306 g/mol. The van der Waals surface area contributed by atoms with Gasteiger partial charge in [-0.25, -0.2) is 4.79 Å². The van der Waals surface area contributed by atoms with Crippen LogP contribution in [0.4, 0.5) is 4.79 Å². The van der Waals surface area contributed by atoms with Gasteiger partial charge in [0.15, 0.2) is 0 Å². The lowest BCUT2D eigenvalue weighted by molar-refractivity contribution is -0.127. The van der Waals surface area contributed by atoms with E-state index < -0.39 is 6.09 Å². The first-order valence-corrected chi connectivity index (χ1v) is 7.45. The van der Waals surface area contributed by atoms with E-state index in [-0.39, 0.29) is 17.9 Å². The molecule has 0 unspecified atom stereocenters. The molecule has 2 rings (SSSR count).